The van der Waals surface area contributed by atoms with Crippen LogP contribution in [0.2, 0.25) is 0 Å². The Labute approximate surface area is 64.4 Å². The van der Waals surface area contributed by atoms with Crippen molar-refractivity contribution in [2.75, 3.05) is 12.4 Å². The summed E-state index contributed by atoms with van der Waals surface area (Å²) in [6.07, 6.45) is 0.822. The fraction of sp³-hybridized carbons (Fsp3) is 0.667. The van der Waals surface area contributed by atoms with Gasteiger partial charge in [-0.15, -0.1) is 0 Å². The zero-order chi connectivity index (χ0) is 7.82. The molecule has 0 rings (SSSR count). The number of carbonyl (C=O) groups excluding carboxylic acids is 1. The van der Waals surface area contributed by atoms with Crippen molar-refractivity contribution in [1.82, 2.24) is 0 Å². The quantitative estimate of drug-likeness (QED) is 0.456. The third-order valence-electron chi connectivity index (χ3n) is 0.722. The van der Waals surface area contributed by atoms with Gasteiger partial charge in [0.2, 0.25) is 0 Å². The number of nitrogens with zero attached hydrogens (tertiary/aromatic N) is 1. The highest BCUT2D eigenvalue weighted by atomic mass is 32.2. The van der Waals surface area contributed by atoms with Gasteiger partial charge in [0, 0.05) is 0 Å². The lowest BCUT2D eigenvalue weighted by Crippen LogP contribution is -2.07. The number of thiocyanates is 1. The van der Waals surface area contributed by atoms with Crippen LogP contribution in [0, 0.1) is 10.7 Å². The minimum Gasteiger partial charge on any atom is -0.465 e. The van der Waals surface area contributed by atoms with Crippen molar-refractivity contribution in [3.05, 3.63) is 0 Å². The lowest BCUT2D eigenvalue weighted by atomic mass is 10.5. The van der Waals surface area contributed by atoms with Crippen LogP contribution in [0.3, 0.4) is 0 Å². The summed E-state index contributed by atoms with van der Waals surface area (Å²) < 4.78 is 4.68. The Morgan fingerprint density at radius 2 is 2.50 bits per heavy atom. The predicted molar refractivity (Wildman–Crippen MR) is 39.3 cm³/mol. The van der Waals surface area contributed by atoms with E-state index in [1.165, 1.54) is 0 Å². The largest absolute Gasteiger partial charge is 0.465 e. The van der Waals surface area contributed by atoms with E-state index >= 15 is 0 Å². The van der Waals surface area contributed by atoms with Crippen LogP contribution in [0.15, 0.2) is 0 Å². The third-order valence-corrected chi connectivity index (χ3v) is 1.23. The second kappa shape index (κ2) is 6.43. The van der Waals surface area contributed by atoms with E-state index in [0.717, 1.165) is 18.2 Å². The van der Waals surface area contributed by atoms with Gasteiger partial charge in [0.15, 0.2) is 0 Å². The highest BCUT2D eigenvalue weighted by molar-refractivity contribution is 8.04. The molecule has 0 aromatic rings. The Hall–Kier alpha value is -0.690. The van der Waals surface area contributed by atoms with Crippen molar-refractivity contribution in [3.63, 3.8) is 0 Å². The van der Waals surface area contributed by atoms with E-state index in [2.05, 4.69) is 4.74 Å². The van der Waals surface area contributed by atoms with E-state index in [-0.39, 0.29) is 11.7 Å². The summed E-state index contributed by atoms with van der Waals surface area (Å²) in [7, 11) is 0. The van der Waals surface area contributed by atoms with E-state index < -0.39 is 0 Å². The lowest BCUT2D eigenvalue weighted by molar-refractivity contribution is -0.140. The molecule has 0 N–H and O–H groups in total. The monoisotopic (exact) mass is 159 g/mol. The van der Waals surface area contributed by atoms with Crippen LogP contribution in [-0.4, -0.2) is 18.3 Å². The number of nitriles is 1. The maximum absolute atomic E-state index is 10.6. The molecule has 0 bridgehead atoms. The Morgan fingerprint density at radius 1 is 1.80 bits per heavy atom. The maximum atomic E-state index is 10.6. The highest BCUT2D eigenvalue weighted by Gasteiger charge is 1.99. The number of hydrogen-bond donors (Lipinski definition) is 0. The van der Waals surface area contributed by atoms with Crippen LogP contribution in [0.4, 0.5) is 0 Å². The molecule has 0 saturated heterocycles. The van der Waals surface area contributed by atoms with Crippen molar-refractivity contribution in [2.45, 2.75) is 13.3 Å². The molecule has 0 aliphatic heterocycles. The Bertz CT molecular complexity index is 141. The molecule has 4 heteroatoms. The predicted octanol–water partition coefficient (Wildman–Crippen LogP) is 1.15. The van der Waals surface area contributed by atoms with Crippen molar-refractivity contribution >= 4 is 17.7 Å². The molecule has 0 unspecified atom stereocenters. The smallest absolute Gasteiger partial charge is 0.316 e. The molecule has 0 aliphatic carbocycles. The van der Waals surface area contributed by atoms with E-state index in [9.17, 15) is 4.79 Å². The number of carbonyl (C=O) groups is 1. The molecule has 0 radical (unpaired) electrons. The standard InChI is InChI=1S/C6H9NO2S/c1-2-3-9-6(8)4-10-5-7/h2-4H2,1H3. The number of thioether (sulfide) groups is 1. The SMILES string of the molecule is CCCOC(=O)CSC#N. The average molecular weight is 159 g/mol. The van der Waals surface area contributed by atoms with Crippen LogP contribution in [0.5, 0.6) is 0 Å². The fourth-order valence-corrected chi connectivity index (χ4v) is 0.614. The molecule has 3 nitrogen and oxygen atoms in total. The molecule has 0 atom stereocenters. The molecule has 0 fully saturated rings. The van der Waals surface area contributed by atoms with E-state index in [1.807, 2.05) is 6.92 Å². The van der Waals surface area contributed by atoms with Gasteiger partial charge in [0.05, 0.1) is 6.61 Å². The van der Waals surface area contributed by atoms with Crippen molar-refractivity contribution in [3.8, 4) is 5.40 Å². The highest BCUT2D eigenvalue weighted by Crippen LogP contribution is 1.96. The average Bonchev–Trinajstić information content (AvgIpc) is 1.97. The third kappa shape index (κ3) is 5.45. The summed E-state index contributed by atoms with van der Waals surface area (Å²) in [5, 5.41) is 9.84. The summed E-state index contributed by atoms with van der Waals surface area (Å²) in [5.74, 6) is -0.176. The molecule has 56 valence electrons. The number of rotatable bonds is 4. The van der Waals surface area contributed by atoms with E-state index in [4.69, 9.17) is 5.26 Å². The van der Waals surface area contributed by atoms with Gasteiger partial charge in [0.1, 0.15) is 11.2 Å². The molecule has 0 heterocycles. The molecule has 0 aliphatic rings. The normalized spacial score (nSPS) is 8.40. The molecule has 10 heavy (non-hydrogen) atoms. The first kappa shape index (κ1) is 9.31. The first-order valence-corrected chi connectivity index (χ1v) is 3.96. The molecular weight excluding hydrogens is 150 g/mol. The summed E-state index contributed by atoms with van der Waals surface area (Å²) in [6.45, 7) is 2.37. The van der Waals surface area contributed by atoms with Crippen molar-refractivity contribution in [2.24, 2.45) is 0 Å². The Balaban J connectivity index is 3.19. The fourth-order valence-electron chi connectivity index (χ4n) is 0.349. The van der Waals surface area contributed by atoms with Crippen LogP contribution in [-0.2, 0) is 9.53 Å². The summed E-state index contributed by atoms with van der Waals surface area (Å²) >= 11 is 0.898. The zero-order valence-corrected chi connectivity index (χ0v) is 6.61. The number of ether oxygens (including phenoxy) is 1. The first-order chi connectivity index (χ1) is 4.81. The van der Waals surface area contributed by atoms with Gasteiger partial charge < -0.3 is 4.74 Å². The minimum absolute atomic E-state index is 0.135. The van der Waals surface area contributed by atoms with E-state index in [1.54, 1.807) is 5.40 Å². The minimum atomic E-state index is -0.312. The van der Waals surface area contributed by atoms with Gasteiger partial charge in [-0.2, -0.15) is 5.26 Å². The zero-order valence-electron chi connectivity index (χ0n) is 5.79. The van der Waals surface area contributed by atoms with Gasteiger partial charge >= 0.3 is 5.97 Å². The van der Waals surface area contributed by atoms with Crippen molar-refractivity contribution in [1.29, 1.82) is 5.26 Å². The van der Waals surface area contributed by atoms with Gasteiger partial charge in [-0.05, 0) is 18.2 Å². The van der Waals surface area contributed by atoms with Gasteiger partial charge in [0.25, 0.3) is 0 Å². The van der Waals surface area contributed by atoms with Crippen LogP contribution < -0.4 is 0 Å². The van der Waals surface area contributed by atoms with E-state index in [0.29, 0.717) is 6.61 Å². The van der Waals surface area contributed by atoms with Crippen LogP contribution >= 0.6 is 11.8 Å². The number of hydrogen-bond acceptors (Lipinski definition) is 4. The van der Waals surface area contributed by atoms with Gasteiger partial charge in [-0.3, -0.25) is 4.79 Å². The van der Waals surface area contributed by atoms with Crippen LogP contribution in [0.1, 0.15) is 13.3 Å². The molecule has 0 spiro atoms. The first-order valence-electron chi connectivity index (χ1n) is 2.97. The molecule has 0 aromatic carbocycles. The maximum Gasteiger partial charge on any atom is 0.316 e. The molecule has 0 aromatic heterocycles. The van der Waals surface area contributed by atoms with Crippen molar-refractivity contribution < 1.29 is 9.53 Å². The summed E-state index contributed by atoms with van der Waals surface area (Å²) in [4.78, 5) is 10.6. The van der Waals surface area contributed by atoms with Gasteiger partial charge in [-0.25, -0.2) is 0 Å². The molecule has 0 saturated carbocycles. The lowest BCUT2D eigenvalue weighted by Gasteiger charge is -1.98. The second-order valence-corrected chi connectivity index (χ2v) is 2.36. The summed E-state index contributed by atoms with van der Waals surface area (Å²) in [5.41, 5.74) is 0. The molecule has 0 amide bonds. The van der Waals surface area contributed by atoms with Gasteiger partial charge in [-0.1, -0.05) is 6.92 Å². The molecular formula is C6H9NO2S. The van der Waals surface area contributed by atoms with Crippen LogP contribution in [0.25, 0.3) is 0 Å². The summed E-state index contributed by atoms with van der Waals surface area (Å²) in [6, 6.07) is 0. The Morgan fingerprint density at radius 3 is 3.00 bits per heavy atom. The topological polar surface area (TPSA) is 50.1 Å². The second-order valence-electron chi connectivity index (χ2n) is 1.60. The Kier molecular flexibility index (Phi) is 5.99. The number of esters is 1.